The van der Waals surface area contributed by atoms with Crippen LogP contribution in [0.1, 0.15) is 24.5 Å². The number of thioether (sulfide) groups is 1. The number of rotatable bonds is 9. The molecule has 9 heteroatoms. The largest absolute Gasteiger partial charge is 0.493 e. The Labute approximate surface area is 213 Å². The van der Waals surface area contributed by atoms with Crippen molar-refractivity contribution in [3.05, 3.63) is 98.9 Å². The number of benzene rings is 3. The van der Waals surface area contributed by atoms with Gasteiger partial charge >= 0.3 is 0 Å². The molecule has 3 aromatic rings. The second-order valence-corrected chi connectivity index (χ2v) is 8.90. The molecule has 1 aliphatic rings. The fourth-order valence-electron chi connectivity index (χ4n) is 3.61. The van der Waals surface area contributed by atoms with Crippen molar-refractivity contribution >= 4 is 40.3 Å². The summed E-state index contributed by atoms with van der Waals surface area (Å²) in [5.74, 6) is 0.344. The van der Waals surface area contributed by atoms with Gasteiger partial charge < -0.3 is 9.47 Å². The van der Waals surface area contributed by atoms with Crippen molar-refractivity contribution in [1.29, 1.82) is 0 Å². The van der Waals surface area contributed by atoms with Crippen molar-refractivity contribution in [2.45, 2.75) is 20.0 Å². The molecule has 4 rings (SSSR count). The molecule has 0 saturated carbocycles. The summed E-state index contributed by atoms with van der Waals surface area (Å²) in [5.41, 5.74) is 1.71. The van der Waals surface area contributed by atoms with Gasteiger partial charge in [0.15, 0.2) is 16.7 Å². The number of para-hydroxylation sites is 1. The Balaban J connectivity index is 1.68. The fraction of sp³-hybridized carbons (Fsp3) is 0.185. The third-order valence-corrected chi connectivity index (χ3v) is 6.36. The van der Waals surface area contributed by atoms with Gasteiger partial charge in [-0.05, 0) is 48.0 Å². The highest BCUT2D eigenvalue weighted by Gasteiger charge is 2.33. The summed E-state index contributed by atoms with van der Waals surface area (Å²) in [6.45, 7) is 2.70. The zero-order chi connectivity index (χ0) is 25.5. The average Bonchev–Trinajstić information content (AvgIpc) is 3.17. The van der Waals surface area contributed by atoms with Crippen molar-refractivity contribution < 1.29 is 19.2 Å². The van der Waals surface area contributed by atoms with Crippen LogP contribution >= 0.6 is 11.8 Å². The lowest BCUT2D eigenvalue weighted by Crippen LogP contribution is -2.29. The number of amides is 1. The maximum atomic E-state index is 13.2. The molecule has 1 amide bonds. The summed E-state index contributed by atoms with van der Waals surface area (Å²) < 4.78 is 11.3. The van der Waals surface area contributed by atoms with Gasteiger partial charge in [-0.25, -0.2) is 4.99 Å². The Bertz CT molecular complexity index is 1310. The van der Waals surface area contributed by atoms with Crippen molar-refractivity contribution in [1.82, 2.24) is 4.90 Å². The number of nitro groups is 1. The van der Waals surface area contributed by atoms with Crippen molar-refractivity contribution in [3.8, 4) is 11.5 Å². The second-order valence-electron chi connectivity index (χ2n) is 7.89. The number of methoxy groups -OCH3 is 1. The molecule has 1 heterocycles. The molecule has 0 unspecified atom stereocenters. The molecule has 0 atom stereocenters. The van der Waals surface area contributed by atoms with Gasteiger partial charge in [-0.2, -0.15) is 0 Å². The third-order valence-electron chi connectivity index (χ3n) is 5.35. The maximum absolute atomic E-state index is 13.2. The Morgan fingerprint density at radius 1 is 1.06 bits per heavy atom. The van der Waals surface area contributed by atoms with Crippen molar-refractivity contribution in [2.75, 3.05) is 13.7 Å². The molecule has 8 nitrogen and oxygen atoms in total. The smallest absolute Gasteiger partial charge is 0.280 e. The minimum Gasteiger partial charge on any atom is -0.493 e. The lowest BCUT2D eigenvalue weighted by atomic mass is 10.1. The highest BCUT2D eigenvalue weighted by atomic mass is 32.2. The maximum Gasteiger partial charge on any atom is 0.280 e. The molecule has 0 spiro atoms. The summed E-state index contributed by atoms with van der Waals surface area (Å²) in [6.07, 6.45) is 2.26. The SMILES string of the molecule is CCCN1C(=O)/C(=C\c2cc(OC)c(OCc3ccccc3)cc2[N+](=O)[O-])SC1=Nc1ccccc1. The molecule has 1 aliphatic heterocycles. The average molecular weight is 504 g/mol. The van der Waals surface area contributed by atoms with Gasteiger partial charge in [0.2, 0.25) is 0 Å². The number of carbonyl (C=O) groups is 1. The first-order valence-corrected chi connectivity index (χ1v) is 12.2. The highest BCUT2D eigenvalue weighted by molar-refractivity contribution is 8.18. The zero-order valence-corrected chi connectivity index (χ0v) is 20.7. The van der Waals surface area contributed by atoms with Crippen LogP contribution in [0.15, 0.2) is 82.7 Å². The van der Waals surface area contributed by atoms with Crippen LogP contribution in [0.25, 0.3) is 6.08 Å². The van der Waals surface area contributed by atoms with E-state index in [1.807, 2.05) is 67.6 Å². The number of nitro benzene ring substituents is 1. The Hall–Kier alpha value is -4.11. The first-order valence-electron chi connectivity index (χ1n) is 11.4. The van der Waals surface area contributed by atoms with Gasteiger partial charge in [0.1, 0.15) is 6.61 Å². The molecule has 3 aromatic carbocycles. The van der Waals surface area contributed by atoms with Crippen molar-refractivity contribution in [3.63, 3.8) is 0 Å². The van der Waals surface area contributed by atoms with E-state index < -0.39 is 4.92 Å². The Morgan fingerprint density at radius 3 is 2.39 bits per heavy atom. The van der Waals surface area contributed by atoms with Crippen LogP contribution in [-0.2, 0) is 11.4 Å². The van der Waals surface area contributed by atoms with Crippen LogP contribution in [0.3, 0.4) is 0 Å². The summed E-state index contributed by atoms with van der Waals surface area (Å²) in [5, 5.41) is 12.5. The van der Waals surface area contributed by atoms with Crippen LogP contribution in [0.5, 0.6) is 11.5 Å². The lowest BCUT2D eigenvalue weighted by Gasteiger charge is -2.14. The molecular formula is C27H25N3O5S. The minimum atomic E-state index is -0.492. The van der Waals surface area contributed by atoms with Gasteiger partial charge in [0.05, 0.1) is 34.3 Å². The third kappa shape index (κ3) is 5.75. The van der Waals surface area contributed by atoms with Crippen molar-refractivity contribution in [2.24, 2.45) is 4.99 Å². The van der Waals surface area contributed by atoms with E-state index in [0.29, 0.717) is 22.4 Å². The van der Waals surface area contributed by atoms with Gasteiger partial charge in [0, 0.05) is 6.54 Å². The summed E-state index contributed by atoms with van der Waals surface area (Å²) >= 11 is 1.19. The van der Waals surface area contributed by atoms with E-state index in [1.54, 1.807) is 4.90 Å². The molecule has 0 aromatic heterocycles. The van der Waals surface area contributed by atoms with Gasteiger partial charge in [-0.1, -0.05) is 55.5 Å². The number of hydrogen-bond donors (Lipinski definition) is 0. The van der Waals surface area contributed by atoms with Crippen LogP contribution < -0.4 is 9.47 Å². The van der Waals surface area contributed by atoms with E-state index >= 15 is 0 Å². The normalized spacial score (nSPS) is 15.5. The number of amidine groups is 1. The molecule has 0 radical (unpaired) electrons. The van der Waals surface area contributed by atoms with Crippen LogP contribution in [0, 0.1) is 10.1 Å². The molecule has 0 N–H and O–H groups in total. The molecule has 0 bridgehead atoms. The molecule has 1 fully saturated rings. The summed E-state index contributed by atoms with van der Waals surface area (Å²) in [6, 6.07) is 21.7. The summed E-state index contributed by atoms with van der Waals surface area (Å²) in [4.78, 5) is 31.2. The first kappa shape index (κ1) is 25.0. The predicted molar refractivity (Wildman–Crippen MR) is 142 cm³/mol. The standard InChI is InChI=1S/C27H25N3O5S/c1-3-14-29-26(31)25(36-27(29)28-21-12-8-5-9-13-21)16-20-15-23(34-2)24(17-22(20)30(32)33)35-18-19-10-6-4-7-11-19/h4-13,15-17H,3,14,18H2,1-2H3/b25-16+,28-27?. The van der Waals surface area contributed by atoms with E-state index in [1.165, 1.54) is 37.1 Å². The first-order chi connectivity index (χ1) is 17.5. The minimum absolute atomic E-state index is 0.185. The number of nitrogens with zero attached hydrogens (tertiary/aromatic N) is 3. The topological polar surface area (TPSA) is 94.3 Å². The fourth-order valence-corrected chi connectivity index (χ4v) is 4.63. The highest BCUT2D eigenvalue weighted by Crippen LogP contribution is 2.39. The number of carbonyl (C=O) groups excluding carboxylic acids is 1. The van der Waals surface area contributed by atoms with Crippen LogP contribution in [0.2, 0.25) is 0 Å². The predicted octanol–water partition coefficient (Wildman–Crippen LogP) is 6.20. The molecule has 0 aliphatic carbocycles. The molecule has 1 saturated heterocycles. The van der Waals surface area contributed by atoms with Gasteiger partial charge in [0.25, 0.3) is 11.6 Å². The second kappa shape index (κ2) is 11.5. The van der Waals surface area contributed by atoms with Gasteiger partial charge in [-0.3, -0.25) is 19.8 Å². The molecular weight excluding hydrogens is 478 g/mol. The number of hydrogen-bond acceptors (Lipinski definition) is 7. The molecule has 184 valence electrons. The van der Waals surface area contributed by atoms with E-state index in [9.17, 15) is 14.9 Å². The van der Waals surface area contributed by atoms with Gasteiger partial charge in [-0.15, -0.1) is 0 Å². The Kier molecular flexibility index (Phi) is 8.02. The van der Waals surface area contributed by atoms with Crippen LogP contribution in [-0.4, -0.2) is 34.6 Å². The van der Waals surface area contributed by atoms with E-state index in [4.69, 9.17) is 9.47 Å². The zero-order valence-electron chi connectivity index (χ0n) is 19.9. The van der Waals surface area contributed by atoms with E-state index in [-0.39, 0.29) is 29.5 Å². The monoisotopic (exact) mass is 503 g/mol. The number of aliphatic imine (C=N–C) groups is 1. The quantitative estimate of drug-likeness (QED) is 0.196. The van der Waals surface area contributed by atoms with Crippen LogP contribution in [0.4, 0.5) is 11.4 Å². The lowest BCUT2D eigenvalue weighted by molar-refractivity contribution is -0.385. The molecule has 36 heavy (non-hydrogen) atoms. The van der Waals surface area contributed by atoms with E-state index in [0.717, 1.165) is 17.7 Å². The summed E-state index contributed by atoms with van der Waals surface area (Å²) in [7, 11) is 1.47. The Morgan fingerprint density at radius 2 is 1.75 bits per heavy atom. The van der Waals surface area contributed by atoms with E-state index in [2.05, 4.69) is 4.99 Å². The number of ether oxygens (including phenoxy) is 2.